The third-order valence-electron chi connectivity index (χ3n) is 6.59. The molecule has 262 valence electrons. The van der Waals surface area contributed by atoms with E-state index in [-0.39, 0.29) is 13.2 Å². The Hall–Kier alpha value is -3.58. The van der Waals surface area contributed by atoms with Crippen molar-refractivity contribution in [2.24, 2.45) is 0 Å². The van der Waals surface area contributed by atoms with E-state index >= 15 is 0 Å². The molecule has 3 aromatic rings. The maximum absolute atomic E-state index is 8.64. The molecule has 0 unspecified atom stereocenters. The minimum atomic E-state index is 0.0234. The molecule has 0 heterocycles. The number of aliphatic hydroxyl groups excluding tert-OH is 2. The lowest BCUT2D eigenvalue weighted by molar-refractivity contribution is 0.00361. The van der Waals surface area contributed by atoms with Gasteiger partial charge in [0.1, 0.15) is 24.7 Å². The second-order valence-corrected chi connectivity index (χ2v) is 10.3. The molecule has 3 rings (SSSR count). The highest BCUT2D eigenvalue weighted by Crippen LogP contribution is 2.17. The van der Waals surface area contributed by atoms with Crippen LogP contribution in [0.1, 0.15) is 22.3 Å². The molecule has 0 bridgehead atoms. The quantitative estimate of drug-likeness (QED) is 0.0822. The van der Waals surface area contributed by atoms with E-state index in [1.165, 1.54) is 0 Å². The molecule has 48 heavy (non-hydrogen) atoms. The monoisotopic (exact) mass is 666 g/mol. The van der Waals surface area contributed by atoms with Crippen molar-refractivity contribution in [3.63, 3.8) is 0 Å². The Morgan fingerprint density at radius 1 is 0.312 bits per heavy atom. The summed E-state index contributed by atoms with van der Waals surface area (Å²) < 4.78 is 43.5. The van der Waals surface area contributed by atoms with Crippen molar-refractivity contribution in [2.45, 2.75) is 0 Å². The fraction of sp³-hybridized carbons (Fsp3) is 0.421. The lowest BCUT2D eigenvalue weighted by Crippen LogP contribution is -2.13. The van der Waals surface area contributed by atoms with Gasteiger partial charge in [-0.25, -0.2) is 0 Å². The van der Waals surface area contributed by atoms with E-state index in [2.05, 4.69) is 48.6 Å². The Morgan fingerprint density at radius 3 is 0.812 bits per heavy atom. The topological polar surface area (TPSA) is 114 Å². The van der Waals surface area contributed by atoms with Crippen LogP contribution in [-0.4, -0.2) is 116 Å². The summed E-state index contributed by atoms with van der Waals surface area (Å²) in [6, 6.07) is 24.3. The highest BCUT2D eigenvalue weighted by molar-refractivity contribution is 5.73. The number of rotatable bonds is 28. The van der Waals surface area contributed by atoms with E-state index in [0.29, 0.717) is 92.5 Å². The highest BCUT2D eigenvalue weighted by atomic mass is 16.6. The Bertz CT molecular complexity index is 1150. The van der Waals surface area contributed by atoms with Gasteiger partial charge < -0.3 is 48.1 Å². The number of benzene rings is 3. The molecular formula is C38H50O10. The van der Waals surface area contributed by atoms with Crippen LogP contribution in [0.4, 0.5) is 0 Å². The van der Waals surface area contributed by atoms with E-state index in [1.54, 1.807) is 0 Å². The van der Waals surface area contributed by atoms with Gasteiger partial charge in [-0.3, -0.25) is 0 Å². The summed E-state index contributed by atoms with van der Waals surface area (Å²) in [6.07, 6.45) is 8.34. The van der Waals surface area contributed by atoms with Crippen LogP contribution in [0.3, 0.4) is 0 Å². The van der Waals surface area contributed by atoms with Crippen LogP contribution in [0.2, 0.25) is 0 Å². The van der Waals surface area contributed by atoms with Gasteiger partial charge in [-0.15, -0.1) is 0 Å². The molecule has 0 amide bonds. The van der Waals surface area contributed by atoms with Crippen LogP contribution in [0.25, 0.3) is 24.3 Å². The highest BCUT2D eigenvalue weighted by Gasteiger charge is 1.98. The van der Waals surface area contributed by atoms with E-state index in [9.17, 15) is 0 Å². The maximum Gasteiger partial charge on any atom is 0.119 e. The smallest absolute Gasteiger partial charge is 0.119 e. The van der Waals surface area contributed by atoms with Crippen LogP contribution in [0.5, 0.6) is 11.5 Å². The van der Waals surface area contributed by atoms with Gasteiger partial charge in [0.05, 0.1) is 92.5 Å². The molecule has 10 heteroatoms. The largest absolute Gasteiger partial charge is 0.491 e. The number of aliphatic hydroxyl groups is 2. The molecule has 2 N–H and O–H groups in total. The Kier molecular flexibility index (Phi) is 21.4. The number of ether oxygens (including phenoxy) is 8. The first kappa shape index (κ1) is 38.9. The predicted molar refractivity (Wildman–Crippen MR) is 187 cm³/mol. The minimum absolute atomic E-state index is 0.0234. The maximum atomic E-state index is 8.64. The molecule has 0 aromatic heterocycles. The second kappa shape index (κ2) is 26.4. The van der Waals surface area contributed by atoms with Crippen molar-refractivity contribution in [2.75, 3.05) is 106 Å². The summed E-state index contributed by atoms with van der Waals surface area (Å²) in [6.45, 7) is 6.51. The first-order valence-electron chi connectivity index (χ1n) is 16.4. The van der Waals surface area contributed by atoms with Crippen molar-refractivity contribution in [3.05, 3.63) is 95.1 Å². The standard InChI is InChI=1S/C38H50O10/c39-17-19-41-21-23-43-25-27-45-29-31-47-37-13-9-35(10-14-37)7-5-33-1-2-34(4-3-33)6-8-36-11-15-38(16-12-36)48-32-30-46-28-26-44-24-22-42-20-18-40/h1-16,39-40H,17-32H2/b7-5+,8-6+. The van der Waals surface area contributed by atoms with Gasteiger partial charge in [0.2, 0.25) is 0 Å². The molecule has 0 fully saturated rings. The van der Waals surface area contributed by atoms with Crippen molar-refractivity contribution < 1.29 is 48.1 Å². The number of hydrogen-bond acceptors (Lipinski definition) is 10. The summed E-state index contributed by atoms with van der Waals surface area (Å²) in [5.74, 6) is 1.60. The van der Waals surface area contributed by atoms with Gasteiger partial charge in [-0.05, 0) is 46.5 Å². The van der Waals surface area contributed by atoms with Crippen LogP contribution < -0.4 is 9.47 Å². The summed E-state index contributed by atoms with van der Waals surface area (Å²) >= 11 is 0. The van der Waals surface area contributed by atoms with Crippen LogP contribution >= 0.6 is 0 Å². The molecule has 0 saturated heterocycles. The fourth-order valence-electron chi connectivity index (χ4n) is 4.10. The third-order valence-corrected chi connectivity index (χ3v) is 6.59. The lowest BCUT2D eigenvalue weighted by Gasteiger charge is -2.08. The van der Waals surface area contributed by atoms with Crippen molar-refractivity contribution in [1.82, 2.24) is 0 Å². The van der Waals surface area contributed by atoms with Gasteiger partial charge in [0, 0.05) is 0 Å². The second-order valence-electron chi connectivity index (χ2n) is 10.3. The zero-order valence-corrected chi connectivity index (χ0v) is 27.7. The Labute approximate surface area is 284 Å². The van der Waals surface area contributed by atoms with Gasteiger partial charge in [0.15, 0.2) is 0 Å². The van der Waals surface area contributed by atoms with Crippen LogP contribution in [0, 0.1) is 0 Å². The molecule has 0 atom stereocenters. The third kappa shape index (κ3) is 18.7. The number of hydrogen-bond donors (Lipinski definition) is 2. The average Bonchev–Trinajstić information content (AvgIpc) is 3.12. The average molecular weight is 667 g/mol. The predicted octanol–water partition coefficient (Wildman–Crippen LogP) is 4.87. The molecule has 0 spiro atoms. The molecule has 0 radical (unpaired) electrons. The van der Waals surface area contributed by atoms with Gasteiger partial charge in [-0.1, -0.05) is 72.8 Å². The molecular weight excluding hydrogens is 616 g/mol. The Balaban J connectivity index is 1.26. The summed E-state index contributed by atoms with van der Waals surface area (Å²) in [4.78, 5) is 0. The van der Waals surface area contributed by atoms with Crippen molar-refractivity contribution in [3.8, 4) is 11.5 Å². The first-order valence-corrected chi connectivity index (χ1v) is 16.4. The zero-order valence-electron chi connectivity index (χ0n) is 27.7. The van der Waals surface area contributed by atoms with E-state index < -0.39 is 0 Å². The van der Waals surface area contributed by atoms with E-state index in [0.717, 1.165) is 33.8 Å². The van der Waals surface area contributed by atoms with Crippen LogP contribution in [-0.2, 0) is 28.4 Å². The molecule has 10 nitrogen and oxygen atoms in total. The van der Waals surface area contributed by atoms with Crippen molar-refractivity contribution in [1.29, 1.82) is 0 Å². The SMILES string of the molecule is OCCOCCOCCOCCOc1ccc(/C=C/c2ccc(/C=C/c3ccc(OCCOCCOCCOCCO)cc3)cc2)cc1. The summed E-state index contributed by atoms with van der Waals surface area (Å²) in [5.41, 5.74) is 4.41. The minimum Gasteiger partial charge on any atom is -0.491 e. The molecule has 3 aromatic carbocycles. The molecule has 0 aliphatic heterocycles. The summed E-state index contributed by atoms with van der Waals surface area (Å²) in [5, 5.41) is 17.3. The van der Waals surface area contributed by atoms with E-state index in [4.69, 9.17) is 48.1 Å². The van der Waals surface area contributed by atoms with Gasteiger partial charge in [0.25, 0.3) is 0 Å². The van der Waals surface area contributed by atoms with Crippen molar-refractivity contribution >= 4 is 24.3 Å². The lowest BCUT2D eigenvalue weighted by atomic mass is 10.1. The zero-order chi connectivity index (χ0) is 33.7. The van der Waals surface area contributed by atoms with Gasteiger partial charge >= 0.3 is 0 Å². The molecule has 0 aliphatic rings. The fourth-order valence-corrected chi connectivity index (χ4v) is 4.10. The van der Waals surface area contributed by atoms with Crippen LogP contribution in [0.15, 0.2) is 72.8 Å². The normalized spacial score (nSPS) is 11.5. The first-order chi connectivity index (χ1) is 23.8. The van der Waals surface area contributed by atoms with E-state index in [1.807, 2.05) is 48.5 Å². The molecule has 0 aliphatic carbocycles. The Morgan fingerprint density at radius 2 is 0.542 bits per heavy atom. The van der Waals surface area contributed by atoms with Gasteiger partial charge in [-0.2, -0.15) is 0 Å². The summed E-state index contributed by atoms with van der Waals surface area (Å²) in [7, 11) is 0. The molecule has 0 saturated carbocycles.